The van der Waals surface area contributed by atoms with Crippen LogP contribution in [0.25, 0.3) is 11.6 Å². The lowest BCUT2D eigenvalue weighted by Gasteiger charge is -2.19. The van der Waals surface area contributed by atoms with Gasteiger partial charge in [-0.05, 0) is 58.9 Å². The van der Waals surface area contributed by atoms with Crippen molar-refractivity contribution in [1.82, 2.24) is 0 Å². The molecule has 1 heterocycles. The Balaban J connectivity index is 2.16. The Labute approximate surface area is 154 Å². The molecule has 0 spiro atoms. The van der Waals surface area contributed by atoms with Gasteiger partial charge in [-0.1, -0.05) is 27.7 Å². The predicted molar refractivity (Wildman–Crippen MR) is 106 cm³/mol. The second-order valence-electron chi connectivity index (χ2n) is 7.28. The summed E-state index contributed by atoms with van der Waals surface area (Å²) in [5, 5.41) is 12.4. The van der Waals surface area contributed by atoms with Crippen molar-refractivity contribution in [3.05, 3.63) is 52.6 Å². The zero-order valence-electron chi connectivity index (χ0n) is 15.9. The fourth-order valence-corrected chi connectivity index (χ4v) is 3.37. The molecule has 136 valence electrons. The van der Waals surface area contributed by atoms with Gasteiger partial charge in [-0.25, -0.2) is 0 Å². The van der Waals surface area contributed by atoms with Gasteiger partial charge in [-0.2, -0.15) is 0 Å². The van der Waals surface area contributed by atoms with E-state index < -0.39 is 0 Å². The van der Waals surface area contributed by atoms with Crippen molar-refractivity contribution in [2.24, 2.45) is 0 Å². The van der Waals surface area contributed by atoms with Crippen LogP contribution in [0.4, 0.5) is 5.69 Å². The summed E-state index contributed by atoms with van der Waals surface area (Å²) in [6.45, 7) is 8.55. The molecule has 1 aliphatic rings. The summed E-state index contributed by atoms with van der Waals surface area (Å²) in [6.07, 6.45) is 1.91. The Kier molecular flexibility index (Phi) is 4.77. The third-order valence-electron chi connectivity index (χ3n) is 4.71. The summed E-state index contributed by atoms with van der Waals surface area (Å²) in [5.74, 6) is 1.53. The van der Waals surface area contributed by atoms with Gasteiger partial charge in [0.25, 0.3) is 5.91 Å². The van der Waals surface area contributed by atoms with Crippen LogP contribution in [-0.2, 0) is 4.79 Å². The van der Waals surface area contributed by atoms with Crippen molar-refractivity contribution in [2.75, 3.05) is 12.4 Å². The molecular formula is C22H25NO3. The number of benzene rings is 2. The molecule has 0 aromatic heterocycles. The van der Waals surface area contributed by atoms with Crippen molar-refractivity contribution in [2.45, 2.75) is 39.5 Å². The van der Waals surface area contributed by atoms with Crippen LogP contribution in [0.3, 0.4) is 0 Å². The zero-order chi connectivity index (χ0) is 19.0. The van der Waals surface area contributed by atoms with Gasteiger partial charge in [-0.3, -0.25) is 4.79 Å². The molecule has 0 unspecified atom stereocenters. The van der Waals surface area contributed by atoms with Gasteiger partial charge < -0.3 is 15.2 Å². The number of hydrogen-bond donors (Lipinski definition) is 2. The van der Waals surface area contributed by atoms with Crippen LogP contribution in [0.5, 0.6) is 11.5 Å². The van der Waals surface area contributed by atoms with Crippen molar-refractivity contribution in [3.8, 4) is 11.5 Å². The van der Waals surface area contributed by atoms with E-state index in [2.05, 4.69) is 45.1 Å². The van der Waals surface area contributed by atoms with Gasteiger partial charge in [0.15, 0.2) is 0 Å². The first kappa shape index (κ1) is 18.1. The SMILES string of the molecule is COc1c(C(C)C)cc(/C=C2/C(=O)Nc3cc(O)ccc32)cc1C(C)C. The number of phenols is 1. The van der Waals surface area contributed by atoms with E-state index in [4.69, 9.17) is 4.74 Å². The third-order valence-corrected chi connectivity index (χ3v) is 4.71. The lowest BCUT2D eigenvalue weighted by molar-refractivity contribution is -0.110. The summed E-state index contributed by atoms with van der Waals surface area (Å²) in [6, 6.07) is 9.12. The van der Waals surface area contributed by atoms with Crippen molar-refractivity contribution < 1.29 is 14.6 Å². The van der Waals surface area contributed by atoms with E-state index in [9.17, 15) is 9.90 Å². The quantitative estimate of drug-likeness (QED) is 0.750. The maximum absolute atomic E-state index is 12.4. The number of phenolic OH excluding ortho intramolecular Hbond substituents is 1. The molecule has 2 N–H and O–H groups in total. The van der Waals surface area contributed by atoms with Crippen molar-refractivity contribution >= 4 is 23.2 Å². The van der Waals surface area contributed by atoms with Crippen LogP contribution in [0.15, 0.2) is 30.3 Å². The molecule has 3 rings (SSSR count). The molecule has 0 radical (unpaired) electrons. The zero-order valence-corrected chi connectivity index (χ0v) is 15.9. The largest absolute Gasteiger partial charge is 0.508 e. The molecule has 0 aliphatic carbocycles. The average molecular weight is 351 g/mol. The van der Waals surface area contributed by atoms with Gasteiger partial charge in [0.05, 0.1) is 12.8 Å². The Morgan fingerprint density at radius 3 is 2.19 bits per heavy atom. The number of amides is 1. The summed E-state index contributed by atoms with van der Waals surface area (Å²) < 4.78 is 5.69. The van der Waals surface area contributed by atoms with Gasteiger partial charge in [0.1, 0.15) is 11.5 Å². The van der Waals surface area contributed by atoms with E-state index in [1.807, 2.05) is 6.08 Å². The first-order valence-electron chi connectivity index (χ1n) is 8.90. The Morgan fingerprint density at radius 2 is 1.65 bits per heavy atom. The number of hydrogen-bond acceptors (Lipinski definition) is 3. The standard InChI is InChI=1S/C22H25NO3/c1-12(2)17-8-14(9-18(13(3)4)21(17)26-5)10-19-16-7-6-15(24)11-20(16)23-22(19)25/h6-13,24H,1-5H3,(H,23,25)/b19-10+. The highest BCUT2D eigenvalue weighted by Gasteiger charge is 2.25. The van der Waals surface area contributed by atoms with Crippen LogP contribution in [-0.4, -0.2) is 18.1 Å². The number of aromatic hydroxyl groups is 1. The Morgan fingerprint density at radius 1 is 1.04 bits per heavy atom. The minimum Gasteiger partial charge on any atom is -0.508 e. The number of fused-ring (bicyclic) bond motifs is 1. The summed E-state index contributed by atoms with van der Waals surface area (Å²) in [4.78, 5) is 12.4. The predicted octanol–water partition coefficient (Wildman–Crippen LogP) is 5.14. The van der Waals surface area contributed by atoms with Crippen LogP contribution in [0.1, 0.15) is 61.8 Å². The van der Waals surface area contributed by atoms with E-state index in [0.717, 1.165) is 28.0 Å². The van der Waals surface area contributed by atoms with Crippen molar-refractivity contribution in [3.63, 3.8) is 0 Å². The fourth-order valence-electron chi connectivity index (χ4n) is 3.37. The molecule has 1 amide bonds. The smallest absolute Gasteiger partial charge is 0.256 e. The molecule has 26 heavy (non-hydrogen) atoms. The van der Waals surface area contributed by atoms with E-state index in [1.165, 1.54) is 0 Å². The number of rotatable bonds is 4. The second-order valence-corrected chi connectivity index (χ2v) is 7.28. The highest BCUT2D eigenvalue weighted by molar-refractivity contribution is 6.35. The topological polar surface area (TPSA) is 58.6 Å². The third kappa shape index (κ3) is 3.19. The van der Waals surface area contributed by atoms with E-state index >= 15 is 0 Å². The maximum Gasteiger partial charge on any atom is 0.256 e. The number of anilines is 1. The maximum atomic E-state index is 12.4. The monoisotopic (exact) mass is 351 g/mol. The summed E-state index contributed by atoms with van der Waals surface area (Å²) >= 11 is 0. The molecule has 2 aromatic carbocycles. The minimum absolute atomic E-state index is 0.138. The number of methoxy groups -OCH3 is 1. The van der Waals surface area contributed by atoms with Crippen LogP contribution >= 0.6 is 0 Å². The van der Waals surface area contributed by atoms with Gasteiger partial charge in [-0.15, -0.1) is 0 Å². The van der Waals surface area contributed by atoms with Gasteiger partial charge in [0, 0.05) is 17.2 Å². The molecule has 0 saturated carbocycles. The number of nitrogens with one attached hydrogen (secondary N) is 1. The number of carbonyl (C=O) groups is 1. The van der Waals surface area contributed by atoms with Crippen molar-refractivity contribution in [1.29, 1.82) is 0 Å². The summed E-state index contributed by atoms with van der Waals surface area (Å²) in [5.41, 5.74) is 5.30. The lowest BCUT2D eigenvalue weighted by atomic mass is 9.90. The molecule has 0 atom stereocenters. The second kappa shape index (κ2) is 6.87. The molecule has 0 fully saturated rings. The average Bonchev–Trinajstić information content (AvgIpc) is 2.88. The van der Waals surface area contributed by atoms with Gasteiger partial charge in [0.2, 0.25) is 0 Å². The molecule has 1 aliphatic heterocycles. The number of carbonyl (C=O) groups excluding carboxylic acids is 1. The van der Waals surface area contributed by atoms with Gasteiger partial charge >= 0.3 is 0 Å². The number of ether oxygens (including phenoxy) is 1. The molecule has 2 aromatic rings. The Hall–Kier alpha value is -2.75. The minimum atomic E-state index is -0.154. The lowest BCUT2D eigenvalue weighted by Crippen LogP contribution is -2.04. The Bertz CT molecular complexity index is 865. The van der Waals surface area contributed by atoms with Crippen LogP contribution in [0.2, 0.25) is 0 Å². The highest BCUT2D eigenvalue weighted by atomic mass is 16.5. The van der Waals surface area contributed by atoms with E-state index in [1.54, 1.807) is 25.3 Å². The highest BCUT2D eigenvalue weighted by Crippen LogP contribution is 2.39. The molecule has 4 heteroatoms. The van der Waals surface area contributed by atoms with E-state index in [-0.39, 0.29) is 11.7 Å². The molecule has 4 nitrogen and oxygen atoms in total. The van der Waals surface area contributed by atoms with Crippen LogP contribution < -0.4 is 10.1 Å². The summed E-state index contributed by atoms with van der Waals surface area (Å²) in [7, 11) is 1.71. The molecule has 0 saturated heterocycles. The molecule has 0 bridgehead atoms. The van der Waals surface area contributed by atoms with Crippen LogP contribution in [0, 0.1) is 0 Å². The fraction of sp³-hybridized carbons (Fsp3) is 0.318. The first-order valence-corrected chi connectivity index (χ1v) is 8.90. The normalized spacial score (nSPS) is 14.9. The first-order chi connectivity index (χ1) is 12.3. The van der Waals surface area contributed by atoms with E-state index in [0.29, 0.717) is 23.1 Å². The molecular weight excluding hydrogens is 326 g/mol.